The van der Waals surface area contributed by atoms with Gasteiger partial charge >= 0.3 is 0 Å². The fourth-order valence-corrected chi connectivity index (χ4v) is 2.78. The van der Waals surface area contributed by atoms with Gasteiger partial charge in [-0.25, -0.2) is 0 Å². The highest BCUT2D eigenvalue weighted by Gasteiger charge is 2.28. The van der Waals surface area contributed by atoms with Crippen molar-refractivity contribution >= 4 is 5.91 Å². The van der Waals surface area contributed by atoms with E-state index in [9.17, 15) is 4.79 Å². The third-order valence-electron chi connectivity index (χ3n) is 4.38. The molecule has 0 aliphatic heterocycles. The molecule has 3 atom stereocenters. The standard InChI is InChI=1S/C16H23NO2/c1-11-5-4-6-15(12(11)2)17-16(18)13-7-9-14(19-3)10-8-13/h7-12,15H,4-6H2,1-3H3,(H,17,18). The largest absolute Gasteiger partial charge is 0.497 e. The number of carbonyl (C=O) groups is 1. The van der Waals surface area contributed by atoms with Gasteiger partial charge in [0.15, 0.2) is 0 Å². The lowest BCUT2D eigenvalue weighted by Crippen LogP contribution is -2.43. The first-order chi connectivity index (χ1) is 9.11. The molecule has 0 spiro atoms. The van der Waals surface area contributed by atoms with Gasteiger partial charge in [0.25, 0.3) is 5.91 Å². The predicted molar refractivity (Wildman–Crippen MR) is 76.4 cm³/mol. The van der Waals surface area contributed by atoms with E-state index in [1.807, 2.05) is 24.3 Å². The van der Waals surface area contributed by atoms with Gasteiger partial charge in [-0.15, -0.1) is 0 Å². The van der Waals surface area contributed by atoms with Crippen LogP contribution in [0, 0.1) is 11.8 Å². The molecule has 0 heterocycles. The van der Waals surface area contributed by atoms with Gasteiger partial charge in [0.1, 0.15) is 5.75 Å². The molecule has 3 nitrogen and oxygen atoms in total. The Morgan fingerprint density at radius 2 is 1.89 bits per heavy atom. The van der Waals surface area contributed by atoms with Gasteiger partial charge in [-0.3, -0.25) is 4.79 Å². The van der Waals surface area contributed by atoms with E-state index >= 15 is 0 Å². The number of ether oxygens (including phenoxy) is 1. The fraction of sp³-hybridized carbons (Fsp3) is 0.562. The first kappa shape index (κ1) is 13.9. The van der Waals surface area contributed by atoms with E-state index in [1.165, 1.54) is 12.8 Å². The molecule has 1 aliphatic carbocycles. The molecule has 19 heavy (non-hydrogen) atoms. The van der Waals surface area contributed by atoms with Crippen LogP contribution in [0.3, 0.4) is 0 Å². The van der Waals surface area contributed by atoms with Crippen molar-refractivity contribution in [3.8, 4) is 5.75 Å². The van der Waals surface area contributed by atoms with Crippen LogP contribution in [0.5, 0.6) is 5.75 Å². The number of carbonyl (C=O) groups excluding carboxylic acids is 1. The summed E-state index contributed by atoms with van der Waals surface area (Å²) in [4.78, 5) is 12.2. The summed E-state index contributed by atoms with van der Waals surface area (Å²) < 4.78 is 5.10. The predicted octanol–water partition coefficient (Wildman–Crippen LogP) is 3.25. The SMILES string of the molecule is COc1ccc(C(=O)NC2CCCC(C)C2C)cc1. The molecule has 0 aromatic heterocycles. The lowest BCUT2D eigenvalue weighted by atomic mass is 9.78. The molecule has 1 saturated carbocycles. The molecule has 0 bridgehead atoms. The Morgan fingerprint density at radius 1 is 1.21 bits per heavy atom. The Balaban J connectivity index is 1.99. The van der Waals surface area contributed by atoms with Crippen LogP contribution in [0.25, 0.3) is 0 Å². The molecule has 0 saturated heterocycles. The summed E-state index contributed by atoms with van der Waals surface area (Å²) in [7, 11) is 1.63. The van der Waals surface area contributed by atoms with E-state index in [0.29, 0.717) is 23.4 Å². The van der Waals surface area contributed by atoms with Gasteiger partial charge in [-0.2, -0.15) is 0 Å². The van der Waals surface area contributed by atoms with E-state index in [-0.39, 0.29) is 5.91 Å². The van der Waals surface area contributed by atoms with Crippen LogP contribution in [-0.4, -0.2) is 19.1 Å². The average Bonchev–Trinajstić information content (AvgIpc) is 2.44. The zero-order valence-electron chi connectivity index (χ0n) is 12.0. The van der Waals surface area contributed by atoms with E-state index in [4.69, 9.17) is 4.74 Å². The summed E-state index contributed by atoms with van der Waals surface area (Å²) in [5.74, 6) is 2.04. The van der Waals surface area contributed by atoms with Crippen LogP contribution in [-0.2, 0) is 0 Å². The molecule has 3 heteroatoms. The summed E-state index contributed by atoms with van der Waals surface area (Å²) >= 11 is 0. The van der Waals surface area contributed by atoms with Crippen LogP contribution >= 0.6 is 0 Å². The summed E-state index contributed by atoms with van der Waals surface area (Å²) in [5, 5.41) is 3.17. The van der Waals surface area contributed by atoms with Crippen molar-refractivity contribution < 1.29 is 9.53 Å². The third kappa shape index (κ3) is 3.28. The summed E-state index contributed by atoms with van der Waals surface area (Å²) in [6.45, 7) is 4.51. The van der Waals surface area contributed by atoms with Gasteiger partial charge in [-0.1, -0.05) is 26.7 Å². The van der Waals surface area contributed by atoms with Crippen LogP contribution < -0.4 is 10.1 Å². The Labute approximate surface area is 115 Å². The second-order valence-corrected chi connectivity index (χ2v) is 5.58. The summed E-state index contributed by atoms with van der Waals surface area (Å²) in [5.41, 5.74) is 0.700. The van der Waals surface area contributed by atoms with Gasteiger partial charge in [-0.05, 0) is 42.5 Å². The lowest BCUT2D eigenvalue weighted by molar-refractivity contribution is 0.0891. The molecular weight excluding hydrogens is 238 g/mol. The molecule has 1 fully saturated rings. The Morgan fingerprint density at radius 3 is 2.53 bits per heavy atom. The zero-order chi connectivity index (χ0) is 13.8. The lowest BCUT2D eigenvalue weighted by Gasteiger charge is -2.34. The summed E-state index contributed by atoms with van der Waals surface area (Å²) in [6, 6.07) is 7.57. The summed E-state index contributed by atoms with van der Waals surface area (Å²) in [6.07, 6.45) is 3.57. The van der Waals surface area contributed by atoms with Crippen LogP contribution in [0.1, 0.15) is 43.5 Å². The number of rotatable bonds is 3. The number of nitrogens with one attached hydrogen (secondary N) is 1. The highest BCUT2D eigenvalue weighted by molar-refractivity contribution is 5.94. The molecule has 0 radical (unpaired) electrons. The maximum atomic E-state index is 12.2. The van der Waals surface area contributed by atoms with Gasteiger partial charge < -0.3 is 10.1 Å². The molecule has 104 valence electrons. The van der Waals surface area contributed by atoms with E-state index in [2.05, 4.69) is 19.2 Å². The second-order valence-electron chi connectivity index (χ2n) is 5.58. The Kier molecular flexibility index (Phi) is 4.46. The van der Waals surface area contributed by atoms with Gasteiger partial charge in [0.2, 0.25) is 0 Å². The van der Waals surface area contributed by atoms with Gasteiger partial charge in [0, 0.05) is 11.6 Å². The quantitative estimate of drug-likeness (QED) is 0.907. The van der Waals surface area contributed by atoms with Gasteiger partial charge in [0.05, 0.1) is 7.11 Å². The Hall–Kier alpha value is -1.51. The van der Waals surface area contributed by atoms with Crippen LogP contribution in [0.2, 0.25) is 0 Å². The normalized spacial score (nSPS) is 26.8. The molecule has 1 aliphatic rings. The molecule has 1 aromatic carbocycles. The van der Waals surface area contributed by atoms with E-state index in [1.54, 1.807) is 7.11 Å². The van der Waals surface area contributed by atoms with Crippen LogP contribution in [0.15, 0.2) is 24.3 Å². The molecule has 3 unspecified atom stereocenters. The van der Waals surface area contributed by atoms with Crippen molar-refractivity contribution in [1.82, 2.24) is 5.32 Å². The average molecular weight is 261 g/mol. The van der Waals surface area contributed by atoms with E-state index < -0.39 is 0 Å². The minimum absolute atomic E-state index is 0.0219. The number of benzene rings is 1. The molecular formula is C16H23NO2. The van der Waals surface area contributed by atoms with Crippen LogP contribution in [0.4, 0.5) is 0 Å². The maximum absolute atomic E-state index is 12.2. The molecule has 2 rings (SSSR count). The third-order valence-corrected chi connectivity index (χ3v) is 4.38. The zero-order valence-corrected chi connectivity index (χ0v) is 12.0. The maximum Gasteiger partial charge on any atom is 0.251 e. The topological polar surface area (TPSA) is 38.3 Å². The Bertz CT molecular complexity index is 427. The molecule has 1 N–H and O–H groups in total. The molecule has 1 aromatic rings. The number of amides is 1. The number of methoxy groups -OCH3 is 1. The highest BCUT2D eigenvalue weighted by atomic mass is 16.5. The molecule has 1 amide bonds. The first-order valence-electron chi connectivity index (χ1n) is 7.06. The van der Waals surface area contributed by atoms with Crippen molar-refractivity contribution in [2.75, 3.05) is 7.11 Å². The van der Waals surface area contributed by atoms with E-state index in [0.717, 1.165) is 12.2 Å². The first-order valence-corrected chi connectivity index (χ1v) is 7.06. The van der Waals surface area contributed by atoms with Crippen molar-refractivity contribution in [3.05, 3.63) is 29.8 Å². The minimum Gasteiger partial charge on any atom is -0.497 e. The van der Waals surface area contributed by atoms with Crippen molar-refractivity contribution in [2.24, 2.45) is 11.8 Å². The highest BCUT2D eigenvalue weighted by Crippen LogP contribution is 2.29. The second kappa shape index (κ2) is 6.09. The number of hydrogen-bond donors (Lipinski definition) is 1. The van der Waals surface area contributed by atoms with Crippen molar-refractivity contribution in [3.63, 3.8) is 0 Å². The monoisotopic (exact) mass is 261 g/mol. The smallest absolute Gasteiger partial charge is 0.251 e. The van der Waals surface area contributed by atoms with Crippen molar-refractivity contribution in [1.29, 1.82) is 0 Å². The van der Waals surface area contributed by atoms with Crippen molar-refractivity contribution in [2.45, 2.75) is 39.2 Å². The number of hydrogen-bond acceptors (Lipinski definition) is 2. The minimum atomic E-state index is 0.0219. The fourth-order valence-electron chi connectivity index (χ4n) is 2.78.